The standard InChI is InChI=1S/C21H21N5O3/c1-14-18(15(2)26-21(25-14)17(10-22)11-24-26)8-9-19(27)23-12-20(28)29-13-16-6-4-3-5-7-16/h3-7,11H,8-9,12-13H2,1-2H3,(H,23,27). The summed E-state index contributed by atoms with van der Waals surface area (Å²) in [6.07, 6.45) is 2.13. The number of ether oxygens (including phenoxy) is 1. The van der Waals surface area contributed by atoms with E-state index in [4.69, 9.17) is 10.00 Å². The van der Waals surface area contributed by atoms with Crippen molar-refractivity contribution in [1.82, 2.24) is 19.9 Å². The number of esters is 1. The lowest BCUT2D eigenvalue weighted by Crippen LogP contribution is -2.30. The minimum atomic E-state index is -0.488. The van der Waals surface area contributed by atoms with E-state index in [9.17, 15) is 9.59 Å². The number of aryl methyl sites for hydroxylation is 2. The van der Waals surface area contributed by atoms with E-state index >= 15 is 0 Å². The molecule has 1 amide bonds. The van der Waals surface area contributed by atoms with Crippen LogP contribution < -0.4 is 5.32 Å². The summed E-state index contributed by atoms with van der Waals surface area (Å²) in [5, 5.41) is 15.9. The molecule has 0 saturated heterocycles. The third kappa shape index (κ3) is 4.76. The number of aromatic nitrogens is 3. The molecule has 3 aromatic rings. The van der Waals surface area contributed by atoms with Gasteiger partial charge in [-0.15, -0.1) is 0 Å². The van der Waals surface area contributed by atoms with Crippen LogP contribution in [-0.2, 0) is 27.4 Å². The summed E-state index contributed by atoms with van der Waals surface area (Å²) in [4.78, 5) is 28.4. The fourth-order valence-corrected chi connectivity index (χ4v) is 3.04. The Bertz CT molecular complexity index is 1080. The maximum Gasteiger partial charge on any atom is 0.325 e. The molecule has 0 saturated carbocycles. The number of hydrogen-bond acceptors (Lipinski definition) is 6. The van der Waals surface area contributed by atoms with Gasteiger partial charge in [-0.2, -0.15) is 10.4 Å². The van der Waals surface area contributed by atoms with Crippen LogP contribution in [0.1, 0.15) is 34.5 Å². The molecule has 0 spiro atoms. The molecule has 29 heavy (non-hydrogen) atoms. The van der Waals surface area contributed by atoms with Crippen molar-refractivity contribution in [3.8, 4) is 6.07 Å². The van der Waals surface area contributed by atoms with Crippen molar-refractivity contribution in [3.63, 3.8) is 0 Å². The number of fused-ring (bicyclic) bond motifs is 1. The van der Waals surface area contributed by atoms with Gasteiger partial charge in [0.2, 0.25) is 5.91 Å². The van der Waals surface area contributed by atoms with Gasteiger partial charge < -0.3 is 10.1 Å². The average Bonchev–Trinajstić information content (AvgIpc) is 3.14. The maximum absolute atomic E-state index is 12.1. The number of rotatable bonds is 7. The number of carbonyl (C=O) groups is 2. The summed E-state index contributed by atoms with van der Waals surface area (Å²) in [5.41, 5.74) is 4.30. The zero-order chi connectivity index (χ0) is 20.8. The first-order valence-corrected chi connectivity index (χ1v) is 9.19. The molecule has 3 rings (SSSR count). The van der Waals surface area contributed by atoms with Crippen LogP contribution in [0.5, 0.6) is 0 Å². The summed E-state index contributed by atoms with van der Waals surface area (Å²) >= 11 is 0. The van der Waals surface area contributed by atoms with E-state index in [0.29, 0.717) is 17.6 Å². The van der Waals surface area contributed by atoms with Crippen molar-refractivity contribution in [1.29, 1.82) is 5.26 Å². The Morgan fingerprint density at radius 1 is 1.24 bits per heavy atom. The molecule has 1 aromatic carbocycles. The molecule has 1 N–H and O–H groups in total. The van der Waals surface area contributed by atoms with Gasteiger partial charge in [0.25, 0.3) is 0 Å². The number of carbonyl (C=O) groups excluding carboxylic acids is 2. The lowest BCUT2D eigenvalue weighted by Gasteiger charge is -2.11. The quantitative estimate of drug-likeness (QED) is 0.617. The smallest absolute Gasteiger partial charge is 0.325 e. The number of nitrogens with zero attached hydrogens (tertiary/aromatic N) is 4. The Hall–Kier alpha value is -3.73. The molecular weight excluding hydrogens is 370 g/mol. The van der Waals surface area contributed by atoms with Gasteiger partial charge in [-0.25, -0.2) is 9.50 Å². The van der Waals surface area contributed by atoms with Crippen LogP contribution in [0.4, 0.5) is 0 Å². The fraction of sp³-hybridized carbons (Fsp3) is 0.286. The predicted octanol–water partition coefficient (Wildman–Crippen LogP) is 2.01. The first-order chi connectivity index (χ1) is 14.0. The number of benzene rings is 1. The molecule has 0 aliphatic rings. The zero-order valence-electron chi connectivity index (χ0n) is 16.3. The van der Waals surface area contributed by atoms with Crippen LogP contribution in [0, 0.1) is 25.2 Å². The summed E-state index contributed by atoms with van der Waals surface area (Å²) in [5.74, 6) is -0.739. The van der Waals surface area contributed by atoms with E-state index in [0.717, 1.165) is 22.5 Å². The molecule has 2 heterocycles. The number of nitrogens with one attached hydrogen (secondary N) is 1. The second-order valence-electron chi connectivity index (χ2n) is 6.59. The Labute approximate surface area is 168 Å². The van der Waals surface area contributed by atoms with Crippen LogP contribution in [0.2, 0.25) is 0 Å². The first kappa shape index (κ1) is 20.0. The van der Waals surface area contributed by atoms with Crippen molar-refractivity contribution < 1.29 is 14.3 Å². The van der Waals surface area contributed by atoms with Gasteiger partial charge in [-0.1, -0.05) is 30.3 Å². The Balaban J connectivity index is 1.52. The first-order valence-electron chi connectivity index (χ1n) is 9.19. The van der Waals surface area contributed by atoms with E-state index in [1.807, 2.05) is 44.2 Å². The van der Waals surface area contributed by atoms with Crippen LogP contribution in [-0.4, -0.2) is 33.0 Å². The van der Waals surface area contributed by atoms with Gasteiger partial charge in [0.1, 0.15) is 24.8 Å². The van der Waals surface area contributed by atoms with Gasteiger partial charge >= 0.3 is 5.97 Å². The monoisotopic (exact) mass is 391 g/mol. The Kier molecular flexibility index (Phi) is 6.19. The summed E-state index contributed by atoms with van der Waals surface area (Å²) < 4.78 is 6.75. The average molecular weight is 391 g/mol. The molecule has 0 atom stereocenters. The topological polar surface area (TPSA) is 109 Å². The highest BCUT2D eigenvalue weighted by atomic mass is 16.5. The van der Waals surface area contributed by atoms with Gasteiger partial charge in [-0.3, -0.25) is 9.59 Å². The van der Waals surface area contributed by atoms with Crippen LogP contribution in [0.3, 0.4) is 0 Å². The fourth-order valence-electron chi connectivity index (χ4n) is 3.04. The van der Waals surface area contributed by atoms with Crippen LogP contribution in [0.15, 0.2) is 36.5 Å². The molecule has 8 nitrogen and oxygen atoms in total. The van der Waals surface area contributed by atoms with Crippen LogP contribution >= 0.6 is 0 Å². The highest BCUT2D eigenvalue weighted by molar-refractivity contribution is 5.82. The Morgan fingerprint density at radius 2 is 2.00 bits per heavy atom. The third-order valence-corrected chi connectivity index (χ3v) is 4.60. The minimum Gasteiger partial charge on any atom is -0.460 e. The minimum absolute atomic E-state index is 0.175. The van der Waals surface area contributed by atoms with E-state index in [1.54, 1.807) is 4.52 Å². The molecule has 8 heteroatoms. The number of amides is 1. The molecule has 0 radical (unpaired) electrons. The van der Waals surface area contributed by atoms with Crippen molar-refractivity contribution in [2.75, 3.05) is 6.54 Å². The summed E-state index contributed by atoms with van der Waals surface area (Å²) in [6, 6.07) is 11.4. The van der Waals surface area contributed by atoms with E-state index in [-0.39, 0.29) is 25.5 Å². The summed E-state index contributed by atoms with van der Waals surface area (Å²) in [6.45, 7) is 3.72. The summed E-state index contributed by atoms with van der Waals surface area (Å²) in [7, 11) is 0. The van der Waals surface area contributed by atoms with Crippen molar-refractivity contribution >= 4 is 17.5 Å². The number of nitriles is 1. The SMILES string of the molecule is Cc1nc2c(C#N)cnn2c(C)c1CCC(=O)NCC(=O)OCc1ccccc1. The molecule has 0 aliphatic carbocycles. The predicted molar refractivity (Wildman–Crippen MR) is 105 cm³/mol. The highest BCUT2D eigenvalue weighted by Gasteiger charge is 2.15. The third-order valence-electron chi connectivity index (χ3n) is 4.60. The van der Waals surface area contributed by atoms with Crippen LogP contribution in [0.25, 0.3) is 5.65 Å². The molecular formula is C21H21N5O3. The molecule has 0 aliphatic heterocycles. The molecule has 0 unspecified atom stereocenters. The molecule has 0 fully saturated rings. The normalized spacial score (nSPS) is 10.5. The zero-order valence-corrected chi connectivity index (χ0v) is 16.3. The van der Waals surface area contributed by atoms with Crippen molar-refractivity contribution in [3.05, 3.63) is 64.6 Å². The Morgan fingerprint density at radius 3 is 2.72 bits per heavy atom. The molecule has 0 bridgehead atoms. The largest absolute Gasteiger partial charge is 0.460 e. The highest BCUT2D eigenvalue weighted by Crippen LogP contribution is 2.18. The van der Waals surface area contributed by atoms with Gasteiger partial charge in [0.05, 0.1) is 6.20 Å². The van der Waals surface area contributed by atoms with E-state index in [2.05, 4.69) is 21.5 Å². The van der Waals surface area contributed by atoms with Crippen molar-refractivity contribution in [2.45, 2.75) is 33.3 Å². The lowest BCUT2D eigenvalue weighted by molar-refractivity contribution is -0.145. The molecule has 2 aromatic heterocycles. The molecule has 148 valence electrons. The second-order valence-corrected chi connectivity index (χ2v) is 6.59. The van der Waals surface area contributed by atoms with E-state index in [1.165, 1.54) is 6.20 Å². The number of hydrogen-bond donors (Lipinski definition) is 1. The van der Waals surface area contributed by atoms with Gasteiger partial charge in [-0.05, 0) is 31.4 Å². The van der Waals surface area contributed by atoms with Gasteiger partial charge in [0.15, 0.2) is 5.65 Å². The lowest BCUT2D eigenvalue weighted by atomic mass is 10.1. The van der Waals surface area contributed by atoms with E-state index < -0.39 is 5.97 Å². The van der Waals surface area contributed by atoms with Gasteiger partial charge in [0, 0.05) is 17.8 Å². The van der Waals surface area contributed by atoms with Crippen molar-refractivity contribution in [2.24, 2.45) is 0 Å². The maximum atomic E-state index is 12.1. The second kappa shape index (κ2) is 8.97.